The molecular formula is C16H21NO4. The highest BCUT2D eigenvalue weighted by atomic mass is 16.5. The molecule has 0 bridgehead atoms. The summed E-state index contributed by atoms with van der Waals surface area (Å²) < 4.78 is 5.58. The first-order valence-corrected chi connectivity index (χ1v) is 7.02. The van der Waals surface area contributed by atoms with E-state index in [1.165, 1.54) is 6.08 Å². The van der Waals surface area contributed by atoms with Gasteiger partial charge in [0.1, 0.15) is 12.3 Å². The van der Waals surface area contributed by atoms with Gasteiger partial charge in [-0.15, -0.1) is 0 Å². The van der Waals surface area contributed by atoms with Crippen LogP contribution in [0.4, 0.5) is 0 Å². The molecule has 0 aromatic heterocycles. The lowest BCUT2D eigenvalue weighted by Gasteiger charge is -2.05. The van der Waals surface area contributed by atoms with Crippen molar-refractivity contribution in [2.24, 2.45) is 0 Å². The normalized spacial score (nSPS) is 10.5. The third-order valence-electron chi connectivity index (χ3n) is 2.74. The molecule has 5 heteroatoms. The van der Waals surface area contributed by atoms with E-state index in [0.29, 0.717) is 6.61 Å². The van der Waals surface area contributed by atoms with Gasteiger partial charge in [-0.2, -0.15) is 0 Å². The molecule has 0 aliphatic heterocycles. The topological polar surface area (TPSA) is 75.6 Å². The van der Waals surface area contributed by atoms with Gasteiger partial charge in [0.25, 0.3) is 0 Å². The first-order valence-electron chi connectivity index (χ1n) is 7.02. The summed E-state index contributed by atoms with van der Waals surface area (Å²) in [5.41, 5.74) is 0.849. The standard InChI is InChI=1S/C16H21NO4/c1-2-3-4-11-21-14-8-5-13(6-9-14)7-10-15(18)17-12-16(19)20/h5-10H,2-4,11-12H2,1H3,(H,17,18)(H,19,20)/b10-7+. The van der Waals surface area contributed by atoms with Crippen molar-refractivity contribution in [3.8, 4) is 5.75 Å². The van der Waals surface area contributed by atoms with Gasteiger partial charge < -0.3 is 15.2 Å². The summed E-state index contributed by atoms with van der Waals surface area (Å²) in [6.07, 6.45) is 6.29. The SMILES string of the molecule is CCCCCOc1ccc(/C=C/C(=O)NCC(=O)O)cc1. The average molecular weight is 291 g/mol. The number of nitrogens with one attached hydrogen (secondary N) is 1. The molecule has 0 unspecified atom stereocenters. The predicted molar refractivity (Wildman–Crippen MR) is 81.1 cm³/mol. The highest BCUT2D eigenvalue weighted by Crippen LogP contribution is 2.13. The zero-order valence-corrected chi connectivity index (χ0v) is 12.2. The molecule has 0 saturated carbocycles. The molecule has 0 saturated heterocycles. The molecule has 0 aliphatic carbocycles. The van der Waals surface area contributed by atoms with Crippen LogP contribution in [0, 0.1) is 0 Å². The first kappa shape index (κ1) is 16.8. The number of carbonyl (C=O) groups is 2. The molecule has 21 heavy (non-hydrogen) atoms. The minimum atomic E-state index is -1.07. The van der Waals surface area contributed by atoms with Gasteiger partial charge in [-0.05, 0) is 30.2 Å². The fourth-order valence-corrected chi connectivity index (χ4v) is 1.61. The number of carboxylic acids is 1. The average Bonchev–Trinajstić information content (AvgIpc) is 2.48. The molecule has 2 N–H and O–H groups in total. The molecule has 1 rings (SSSR count). The zero-order valence-electron chi connectivity index (χ0n) is 12.2. The Hall–Kier alpha value is -2.30. The number of hydrogen-bond donors (Lipinski definition) is 2. The van der Waals surface area contributed by atoms with Crippen LogP contribution in [0.15, 0.2) is 30.3 Å². The molecular weight excluding hydrogens is 270 g/mol. The fraction of sp³-hybridized carbons (Fsp3) is 0.375. The second-order valence-corrected chi connectivity index (χ2v) is 4.57. The quantitative estimate of drug-likeness (QED) is 0.541. The third kappa shape index (κ3) is 7.77. The number of unbranched alkanes of at least 4 members (excludes halogenated alkanes) is 2. The molecule has 114 valence electrons. The number of ether oxygens (including phenoxy) is 1. The number of rotatable bonds is 9. The monoisotopic (exact) mass is 291 g/mol. The fourth-order valence-electron chi connectivity index (χ4n) is 1.61. The van der Waals surface area contributed by atoms with Gasteiger partial charge in [0, 0.05) is 6.08 Å². The summed E-state index contributed by atoms with van der Waals surface area (Å²) in [7, 11) is 0. The summed E-state index contributed by atoms with van der Waals surface area (Å²) in [5, 5.41) is 10.7. The number of hydrogen-bond acceptors (Lipinski definition) is 3. The molecule has 0 radical (unpaired) electrons. The Morgan fingerprint density at radius 2 is 1.95 bits per heavy atom. The number of aliphatic carboxylic acids is 1. The van der Waals surface area contributed by atoms with Crippen LogP contribution in [0.5, 0.6) is 5.75 Å². The van der Waals surface area contributed by atoms with Gasteiger partial charge in [0.15, 0.2) is 0 Å². The molecule has 0 atom stereocenters. The Morgan fingerprint density at radius 3 is 2.57 bits per heavy atom. The summed E-state index contributed by atoms with van der Waals surface area (Å²) >= 11 is 0. The maximum absolute atomic E-state index is 11.3. The number of carbonyl (C=O) groups excluding carboxylic acids is 1. The van der Waals surface area contributed by atoms with Crippen LogP contribution in [0.1, 0.15) is 31.7 Å². The van der Waals surface area contributed by atoms with Crippen molar-refractivity contribution in [3.63, 3.8) is 0 Å². The van der Waals surface area contributed by atoms with Gasteiger partial charge in [-0.25, -0.2) is 0 Å². The van der Waals surface area contributed by atoms with Crippen molar-refractivity contribution in [3.05, 3.63) is 35.9 Å². The van der Waals surface area contributed by atoms with Crippen molar-refractivity contribution in [1.29, 1.82) is 0 Å². The maximum Gasteiger partial charge on any atom is 0.322 e. The van der Waals surface area contributed by atoms with Crippen molar-refractivity contribution >= 4 is 18.0 Å². The van der Waals surface area contributed by atoms with Gasteiger partial charge in [0.05, 0.1) is 6.61 Å². The smallest absolute Gasteiger partial charge is 0.322 e. The number of benzene rings is 1. The largest absolute Gasteiger partial charge is 0.494 e. The van der Waals surface area contributed by atoms with E-state index in [2.05, 4.69) is 12.2 Å². The summed E-state index contributed by atoms with van der Waals surface area (Å²) in [5.74, 6) is -0.697. The Morgan fingerprint density at radius 1 is 1.24 bits per heavy atom. The van der Waals surface area contributed by atoms with E-state index in [-0.39, 0.29) is 6.54 Å². The second-order valence-electron chi connectivity index (χ2n) is 4.57. The van der Waals surface area contributed by atoms with Crippen LogP contribution in [0.3, 0.4) is 0 Å². The van der Waals surface area contributed by atoms with Crippen LogP contribution in [0.2, 0.25) is 0 Å². The van der Waals surface area contributed by atoms with Crippen LogP contribution >= 0.6 is 0 Å². The van der Waals surface area contributed by atoms with Gasteiger partial charge in [0.2, 0.25) is 5.91 Å². The minimum absolute atomic E-state index is 0.381. The van der Waals surface area contributed by atoms with Crippen molar-refractivity contribution in [2.45, 2.75) is 26.2 Å². The highest BCUT2D eigenvalue weighted by molar-refractivity contribution is 5.93. The molecule has 0 spiro atoms. The molecule has 0 aliphatic rings. The van der Waals surface area contributed by atoms with Crippen LogP contribution in [-0.4, -0.2) is 30.1 Å². The van der Waals surface area contributed by atoms with E-state index < -0.39 is 11.9 Å². The van der Waals surface area contributed by atoms with Crippen molar-refractivity contribution in [2.75, 3.05) is 13.2 Å². The Kier molecular flexibility index (Phi) is 7.64. The van der Waals surface area contributed by atoms with Crippen LogP contribution in [0.25, 0.3) is 6.08 Å². The molecule has 1 aromatic rings. The van der Waals surface area contributed by atoms with Crippen molar-refractivity contribution in [1.82, 2.24) is 5.32 Å². The summed E-state index contributed by atoms with van der Waals surface area (Å²) in [6.45, 7) is 2.47. The van der Waals surface area contributed by atoms with Crippen LogP contribution in [-0.2, 0) is 9.59 Å². The molecule has 1 amide bonds. The molecule has 5 nitrogen and oxygen atoms in total. The summed E-state index contributed by atoms with van der Waals surface area (Å²) in [6, 6.07) is 7.38. The number of carboxylic acid groups (broad SMARTS) is 1. The molecule has 1 aromatic carbocycles. The number of amides is 1. The van der Waals surface area contributed by atoms with Gasteiger partial charge in [-0.3, -0.25) is 9.59 Å². The zero-order chi connectivity index (χ0) is 15.5. The lowest BCUT2D eigenvalue weighted by Crippen LogP contribution is -2.27. The van der Waals surface area contributed by atoms with E-state index in [1.807, 2.05) is 24.3 Å². The summed E-state index contributed by atoms with van der Waals surface area (Å²) in [4.78, 5) is 21.6. The van der Waals surface area contributed by atoms with E-state index in [9.17, 15) is 9.59 Å². The molecule has 0 heterocycles. The van der Waals surface area contributed by atoms with Gasteiger partial charge in [-0.1, -0.05) is 31.9 Å². The van der Waals surface area contributed by atoms with Crippen molar-refractivity contribution < 1.29 is 19.4 Å². The first-order chi connectivity index (χ1) is 10.1. The Bertz CT molecular complexity index is 480. The van der Waals surface area contributed by atoms with E-state index in [4.69, 9.17) is 9.84 Å². The lowest BCUT2D eigenvalue weighted by molar-refractivity contribution is -0.137. The third-order valence-corrected chi connectivity index (χ3v) is 2.74. The van der Waals surface area contributed by atoms with Gasteiger partial charge >= 0.3 is 5.97 Å². The van der Waals surface area contributed by atoms with E-state index >= 15 is 0 Å². The Balaban J connectivity index is 2.39. The highest BCUT2D eigenvalue weighted by Gasteiger charge is 1.99. The predicted octanol–water partition coefficient (Wildman–Crippen LogP) is 2.47. The maximum atomic E-state index is 11.3. The van der Waals surface area contributed by atoms with E-state index in [1.54, 1.807) is 6.08 Å². The molecule has 0 fully saturated rings. The Labute approximate surface area is 124 Å². The van der Waals surface area contributed by atoms with E-state index in [0.717, 1.165) is 30.6 Å². The lowest BCUT2D eigenvalue weighted by atomic mass is 10.2. The minimum Gasteiger partial charge on any atom is -0.494 e. The van der Waals surface area contributed by atoms with Crippen LogP contribution < -0.4 is 10.1 Å². The second kappa shape index (κ2) is 9.58.